The number of likely N-dealkylation sites (tertiary alicyclic amines) is 1. The van der Waals surface area contributed by atoms with Crippen molar-refractivity contribution in [1.29, 1.82) is 0 Å². The van der Waals surface area contributed by atoms with Gasteiger partial charge in [-0.05, 0) is 44.7 Å². The second-order valence-electron chi connectivity index (χ2n) is 5.46. The summed E-state index contributed by atoms with van der Waals surface area (Å²) in [5.74, 6) is -0.143. The average Bonchev–Trinajstić information content (AvgIpc) is 2.36. The van der Waals surface area contributed by atoms with Crippen LogP contribution in [-0.2, 0) is 4.79 Å². The summed E-state index contributed by atoms with van der Waals surface area (Å²) in [7, 11) is 0. The summed E-state index contributed by atoms with van der Waals surface area (Å²) >= 11 is 0. The summed E-state index contributed by atoms with van der Waals surface area (Å²) in [6, 6.07) is 0. The van der Waals surface area contributed by atoms with Gasteiger partial charge in [0, 0.05) is 0 Å². The third kappa shape index (κ3) is 3.21. The summed E-state index contributed by atoms with van der Waals surface area (Å²) in [6.45, 7) is 8.23. The first-order valence-corrected chi connectivity index (χ1v) is 7.05. The van der Waals surface area contributed by atoms with E-state index >= 15 is 0 Å². The van der Waals surface area contributed by atoms with Crippen molar-refractivity contribution >= 4 is 5.97 Å². The number of carboxylic acids is 1. The van der Waals surface area contributed by atoms with Crippen LogP contribution in [0.3, 0.4) is 0 Å². The van der Waals surface area contributed by atoms with E-state index in [1.807, 2.05) is 6.92 Å². The molecule has 1 N–H and O–H groups in total. The molecule has 1 fully saturated rings. The lowest BCUT2D eigenvalue weighted by Crippen LogP contribution is -2.56. The Morgan fingerprint density at radius 1 is 1.29 bits per heavy atom. The maximum absolute atomic E-state index is 11.8. The molecule has 1 aliphatic heterocycles. The maximum Gasteiger partial charge on any atom is 0.324 e. The molecule has 2 unspecified atom stereocenters. The van der Waals surface area contributed by atoms with Crippen LogP contribution in [0.5, 0.6) is 0 Å². The fraction of sp³-hybridized carbons (Fsp3) is 0.929. The number of carboxylic acid groups (broad SMARTS) is 1. The van der Waals surface area contributed by atoms with Gasteiger partial charge in [0.25, 0.3) is 0 Å². The molecule has 0 bridgehead atoms. The van der Waals surface area contributed by atoms with Gasteiger partial charge in [0.05, 0.1) is 0 Å². The third-order valence-corrected chi connectivity index (χ3v) is 4.33. The Morgan fingerprint density at radius 3 is 2.29 bits per heavy atom. The Balaban J connectivity index is 2.85. The van der Waals surface area contributed by atoms with Gasteiger partial charge in [0.15, 0.2) is 0 Å². The van der Waals surface area contributed by atoms with E-state index in [1.54, 1.807) is 0 Å². The van der Waals surface area contributed by atoms with E-state index in [4.69, 9.17) is 0 Å². The molecule has 3 heteroatoms. The molecule has 0 saturated carbocycles. The van der Waals surface area contributed by atoms with E-state index < -0.39 is 11.5 Å². The average molecular weight is 241 g/mol. The zero-order valence-electron chi connectivity index (χ0n) is 11.5. The van der Waals surface area contributed by atoms with E-state index in [1.165, 1.54) is 6.42 Å². The fourth-order valence-corrected chi connectivity index (χ4v) is 2.91. The quantitative estimate of drug-likeness (QED) is 0.776. The molecule has 3 nitrogen and oxygen atoms in total. The van der Waals surface area contributed by atoms with E-state index in [0.717, 1.165) is 38.8 Å². The molecular weight excluding hydrogens is 214 g/mol. The standard InChI is InChI=1S/C14H27NO2/c1-4-12(3)11-14(5-2,13(16)17)15-9-7-6-8-10-15/h12H,4-11H2,1-3H3,(H,16,17). The number of nitrogens with zero attached hydrogens (tertiary/aromatic N) is 1. The number of aliphatic carboxylic acids is 1. The largest absolute Gasteiger partial charge is 0.480 e. The van der Waals surface area contributed by atoms with Crippen molar-refractivity contribution in [3.63, 3.8) is 0 Å². The van der Waals surface area contributed by atoms with Gasteiger partial charge in [-0.2, -0.15) is 0 Å². The van der Waals surface area contributed by atoms with E-state index in [9.17, 15) is 9.90 Å². The van der Waals surface area contributed by atoms with E-state index in [2.05, 4.69) is 18.7 Å². The Hall–Kier alpha value is -0.570. The van der Waals surface area contributed by atoms with Crippen molar-refractivity contribution in [2.24, 2.45) is 5.92 Å². The minimum Gasteiger partial charge on any atom is -0.480 e. The van der Waals surface area contributed by atoms with Crippen LogP contribution in [0.4, 0.5) is 0 Å². The van der Waals surface area contributed by atoms with Gasteiger partial charge in [-0.1, -0.05) is 33.6 Å². The highest BCUT2D eigenvalue weighted by atomic mass is 16.4. The molecule has 1 saturated heterocycles. The topological polar surface area (TPSA) is 40.5 Å². The molecule has 0 aliphatic carbocycles. The minimum absolute atomic E-state index is 0.480. The molecule has 1 aliphatic rings. The van der Waals surface area contributed by atoms with Crippen molar-refractivity contribution in [3.05, 3.63) is 0 Å². The highest BCUT2D eigenvalue weighted by Crippen LogP contribution is 2.32. The molecule has 0 spiro atoms. The Kier molecular flexibility index (Phi) is 5.44. The van der Waals surface area contributed by atoms with Crippen LogP contribution in [0, 0.1) is 5.92 Å². The summed E-state index contributed by atoms with van der Waals surface area (Å²) in [4.78, 5) is 14.0. The lowest BCUT2D eigenvalue weighted by molar-refractivity contribution is -0.154. The van der Waals surface area contributed by atoms with Crippen LogP contribution in [0.15, 0.2) is 0 Å². The van der Waals surface area contributed by atoms with Gasteiger partial charge in [0.1, 0.15) is 5.54 Å². The van der Waals surface area contributed by atoms with Crippen molar-refractivity contribution in [1.82, 2.24) is 4.90 Å². The van der Waals surface area contributed by atoms with Crippen LogP contribution in [-0.4, -0.2) is 34.6 Å². The van der Waals surface area contributed by atoms with Crippen molar-refractivity contribution in [2.45, 2.75) is 64.8 Å². The zero-order chi connectivity index (χ0) is 12.9. The minimum atomic E-state index is -0.623. The van der Waals surface area contributed by atoms with Crippen LogP contribution in [0.25, 0.3) is 0 Å². The fourth-order valence-electron chi connectivity index (χ4n) is 2.91. The predicted molar refractivity (Wildman–Crippen MR) is 70.2 cm³/mol. The number of piperidine rings is 1. The molecule has 0 aromatic rings. The maximum atomic E-state index is 11.8. The number of carbonyl (C=O) groups is 1. The lowest BCUT2D eigenvalue weighted by atomic mass is 9.82. The monoisotopic (exact) mass is 241 g/mol. The lowest BCUT2D eigenvalue weighted by Gasteiger charge is -2.43. The highest BCUT2D eigenvalue weighted by molar-refractivity contribution is 5.78. The summed E-state index contributed by atoms with van der Waals surface area (Å²) in [5, 5.41) is 9.68. The molecule has 17 heavy (non-hydrogen) atoms. The summed E-state index contributed by atoms with van der Waals surface area (Å²) < 4.78 is 0. The molecule has 100 valence electrons. The number of hydrogen-bond donors (Lipinski definition) is 1. The van der Waals surface area contributed by atoms with Crippen molar-refractivity contribution in [3.8, 4) is 0 Å². The molecule has 1 heterocycles. The number of rotatable bonds is 6. The molecule has 0 aromatic heterocycles. The van der Waals surface area contributed by atoms with Crippen LogP contribution in [0.2, 0.25) is 0 Å². The Morgan fingerprint density at radius 2 is 1.88 bits per heavy atom. The molecule has 2 atom stereocenters. The first-order chi connectivity index (χ1) is 8.06. The number of hydrogen-bond acceptors (Lipinski definition) is 2. The van der Waals surface area contributed by atoms with E-state index in [-0.39, 0.29) is 0 Å². The van der Waals surface area contributed by atoms with Gasteiger partial charge < -0.3 is 5.11 Å². The van der Waals surface area contributed by atoms with Crippen LogP contribution >= 0.6 is 0 Å². The molecular formula is C14H27NO2. The van der Waals surface area contributed by atoms with Gasteiger partial charge >= 0.3 is 5.97 Å². The van der Waals surface area contributed by atoms with E-state index in [0.29, 0.717) is 12.3 Å². The van der Waals surface area contributed by atoms with Crippen LogP contribution in [0.1, 0.15) is 59.3 Å². The van der Waals surface area contributed by atoms with Gasteiger partial charge in [-0.3, -0.25) is 9.69 Å². The highest BCUT2D eigenvalue weighted by Gasteiger charge is 2.43. The second-order valence-corrected chi connectivity index (χ2v) is 5.46. The van der Waals surface area contributed by atoms with Crippen LogP contribution < -0.4 is 0 Å². The molecule has 0 amide bonds. The van der Waals surface area contributed by atoms with Crippen molar-refractivity contribution < 1.29 is 9.90 Å². The van der Waals surface area contributed by atoms with Gasteiger partial charge in [0.2, 0.25) is 0 Å². The first kappa shape index (κ1) is 14.5. The summed E-state index contributed by atoms with van der Waals surface area (Å²) in [5.41, 5.74) is -0.615. The molecule has 0 aromatic carbocycles. The third-order valence-electron chi connectivity index (χ3n) is 4.33. The Bertz CT molecular complexity index is 249. The van der Waals surface area contributed by atoms with Gasteiger partial charge in [-0.15, -0.1) is 0 Å². The smallest absolute Gasteiger partial charge is 0.324 e. The van der Waals surface area contributed by atoms with Gasteiger partial charge in [-0.25, -0.2) is 0 Å². The normalized spacial score (nSPS) is 23.0. The zero-order valence-corrected chi connectivity index (χ0v) is 11.5. The first-order valence-electron chi connectivity index (χ1n) is 7.05. The summed E-state index contributed by atoms with van der Waals surface area (Å²) in [6.07, 6.45) is 6.11. The molecule has 1 rings (SSSR count). The SMILES string of the molecule is CCC(C)CC(CC)(C(=O)O)N1CCCCC1. The van der Waals surface area contributed by atoms with Crippen molar-refractivity contribution in [2.75, 3.05) is 13.1 Å². The predicted octanol–water partition coefficient (Wildman–Crippen LogP) is 3.14. The second kappa shape index (κ2) is 6.39. The Labute approximate surface area is 105 Å². The molecule has 0 radical (unpaired) electrons.